The quantitative estimate of drug-likeness (QED) is 0.699. The third-order valence-electron chi connectivity index (χ3n) is 2.16. The summed E-state index contributed by atoms with van der Waals surface area (Å²) in [6.07, 6.45) is 3.37. The fraction of sp³-hybridized carbons (Fsp3) is 0. The van der Waals surface area contributed by atoms with Gasteiger partial charge in [-0.1, -0.05) is 12.1 Å². The van der Waals surface area contributed by atoms with Crippen molar-refractivity contribution in [1.82, 2.24) is 4.98 Å². The van der Waals surface area contributed by atoms with Gasteiger partial charge in [-0.15, -0.1) is 0 Å². The SMILES string of the molecule is N#Cc1ccc(/C=N/Nc2ccc(Br)cn2)cc1. The molecule has 1 N–H and O–H groups in total. The zero-order valence-corrected chi connectivity index (χ0v) is 10.9. The van der Waals surface area contributed by atoms with Crippen LogP contribution in [0.5, 0.6) is 0 Å². The summed E-state index contributed by atoms with van der Waals surface area (Å²) >= 11 is 3.31. The van der Waals surface area contributed by atoms with Crippen LogP contribution in [0.3, 0.4) is 0 Å². The minimum atomic E-state index is 0.634. The monoisotopic (exact) mass is 300 g/mol. The maximum Gasteiger partial charge on any atom is 0.146 e. The number of hydrogen-bond acceptors (Lipinski definition) is 4. The van der Waals surface area contributed by atoms with Crippen LogP contribution < -0.4 is 5.43 Å². The zero-order chi connectivity index (χ0) is 12.8. The summed E-state index contributed by atoms with van der Waals surface area (Å²) in [5.74, 6) is 0.670. The Balaban J connectivity index is 1.98. The van der Waals surface area contributed by atoms with Gasteiger partial charge in [0.2, 0.25) is 0 Å². The summed E-state index contributed by atoms with van der Waals surface area (Å²) in [6, 6.07) is 12.9. The molecule has 0 fully saturated rings. The predicted octanol–water partition coefficient (Wildman–Crippen LogP) is 3.16. The molecule has 1 aromatic heterocycles. The Bertz CT molecular complexity index is 582. The van der Waals surface area contributed by atoms with Crippen molar-refractivity contribution in [2.24, 2.45) is 5.10 Å². The highest BCUT2D eigenvalue weighted by Crippen LogP contribution is 2.10. The van der Waals surface area contributed by atoms with E-state index in [1.165, 1.54) is 0 Å². The van der Waals surface area contributed by atoms with Crippen LogP contribution in [0.4, 0.5) is 5.82 Å². The van der Waals surface area contributed by atoms with Gasteiger partial charge >= 0.3 is 0 Å². The van der Waals surface area contributed by atoms with Crippen molar-refractivity contribution < 1.29 is 0 Å². The van der Waals surface area contributed by atoms with Crippen molar-refractivity contribution >= 4 is 28.0 Å². The molecule has 0 aliphatic carbocycles. The van der Waals surface area contributed by atoms with E-state index in [9.17, 15) is 0 Å². The lowest BCUT2D eigenvalue weighted by atomic mass is 10.2. The lowest BCUT2D eigenvalue weighted by Gasteiger charge is -1.98. The van der Waals surface area contributed by atoms with Crippen LogP contribution in [0.1, 0.15) is 11.1 Å². The van der Waals surface area contributed by atoms with Gasteiger partial charge in [-0.25, -0.2) is 4.98 Å². The molecule has 0 atom stereocenters. The molecule has 0 amide bonds. The molecule has 0 radical (unpaired) electrons. The summed E-state index contributed by atoms with van der Waals surface area (Å²) < 4.78 is 0.920. The molecule has 0 unspecified atom stereocenters. The van der Waals surface area contributed by atoms with E-state index in [2.05, 4.69) is 37.5 Å². The van der Waals surface area contributed by atoms with Gasteiger partial charge in [-0.3, -0.25) is 5.43 Å². The lowest BCUT2D eigenvalue weighted by Crippen LogP contribution is -1.92. The van der Waals surface area contributed by atoms with E-state index in [1.54, 1.807) is 24.5 Å². The molecule has 4 nitrogen and oxygen atoms in total. The number of halogens is 1. The molecule has 0 aliphatic rings. The van der Waals surface area contributed by atoms with E-state index in [4.69, 9.17) is 5.26 Å². The van der Waals surface area contributed by atoms with Crippen molar-refractivity contribution in [3.63, 3.8) is 0 Å². The number of hydrogen-bond donors (Lipinski definition) is 1. The molecule has 2 rings (SSSR count). The van der Waals surface area contributed by atoms with Crippen molar-refractivity contribution in [3.8, 4) is 6.07 Å². The Labute approximate surface area is 113 Å². The number of aromatic nitrogens is 1. The Morgan fingerprint density at radius 1 is 1.22 bits per heavy atom. The van der Waals surface area contributed by atoms with Crippen LogP contribution >= 0.6 is 15.9 Å². The highest BCUT2D eigenvalue weighted by Gasteiger charge is 1.92. The minimum Gasteiger partial charge on any atom is -0.261 e. The van der Waals surface area contributed by atoms with Gasteiger partial charge in [-0.2, -0.15) is 10.4 Å². The Hall–Kier alpha value is -2.19. The fourth-order valence-electron chi connectivity index (χ4n) is 1.26. The summed E-state index contributed by atoms with van der Waals surface area (Å²) in [7, 11) is 0. The number of nitrogens with zero attached hydrogens (tertiary/aromatic N) is 3. The summed E-state index contributed by atoms with van der Waals surface area (Å²) in [4.78, 5) is 4.12. The highest BCUT2D eigenvalue weighted by molar-refractivity contribution is 9.10. The first-order valence-electron chi connectivity index (χ1n) is 5.19. The van der Waals surface area contributed by atoms with Gasteiger partial charge in [-0.05, 0) is 45.8 Å². The van der Waals surface area contributed by atoms with Gasteiger partial charge in [0.1, 0.15) is 5.82 Å². The number of pyridine rings is 1. The number of hydrazone groups is 1. The van der Waals surface area contributed by atoms with Crippen molar-refractivity contribution in [2.45, 2.75) is 0 Å². The van der Waals surface area contributed by atoms with Gasteiger partial charge in [0.25, 0.3) is 0 Å². The van der Waals surface area contributed by atoms with Gasteiger partial charge in [0.05, 0.1) is 17.8 Å². The van der Waals surface area contributed by atoms with Crippen LogP contribution in [-0.2, 0) is 0 Å². The zero-order valence-electron chi connectivity index (χ0n) is 9.34. The maximum absolute atomic E-state index is 8.67. The van der Waals surface area contributed by atoms with Crippen LogP contribution in [-0.4, -0.2) is 11.2 Å². The molecular weight excluding hydrogens is 292 g/mol. The van der Waals surface area contributed by atoms with Crippen LogP contribution in [0.15, 0.2) is 52.2 Å². The standard InChI is InChI=1S/C13H9BrN4/c14-12-5-6-13(16-9-12)18-17-8-11-3-1-10(7-15)2-4-11/h1-6,8-9H,(H,16,18)/b17-8+. The van der Waals surface area contributed by atoms with Crippen LogP contribution in [0, 0.1) is 11.3 Å². The largest absolute Gasteiger partial charge is 0.261 e. The molecule has 0 aliphatic heterocycles. The maximum atomic E-state index is 8.67. The first kappa shape index (κ1) is 12.3. The van der Waals surface area contributed by atoms with Crippen LogP contribution in [0.2, 0.25) is 0 Å². The number of rotatable bonds is 3. The second-order valence-electron chi connectivity index (χ2n) is 3.47. The molecular formula is C13H9BrN4. The molecule has 0 spiro atoms. The summed E-state index contributed by atoms with van der Waals surface area (Å²) in [6.45, 7) is 0. The van der Waals surface area contributed by atoms with Crippen molar-refractivity contribution in [3.05, 3.63) is 58.2 Å². The number of anilines is 1. The van der Waals surface area contributed by atoms with E-state index >= 15 is 0 Å². The molecule has 1 heterocycles. The first-order chi connectivity index (χ1) is 8.78. The van der Waals surface area contributed by atoms with E-state index in [0.717, 1.165) is 10.0 Å². The second-order valence-corrected chi connectivity index (χ2v) is 4.38. The third kappa shape index (κ3) is 3.40. The van der Waals surface area contributed by atoms with E-state index in [1.807, 2.05) is 24.3 Å². The smallest absolute Gasteiger partial charge is 0.146 e. The topological polar surface area (TPSA) is 61.1 Å². The highest BCUT2D eigenvalue weighted by atomic mass is 79.9. The Morgan fingerprint density at radius 3 is 2.61 bits per heavy atom. The van der Waals surface area contributed by atoms with E-state index < -0.39 is 0 Å². The van der Waals surface area contributed by atoms with Crippen molar-refractivity contribution in [1.29, 1.82) is 5.26 Å². The van der Waals surface area contributed by atoms with Gasteiger partial charge in [0, 0.05) is 10.7 Å². The molecule has 18 heavy (non-hydrogen) atoms. The summed E-state index contributed by atoms with van der Waals surface area (Å²) in [5, 5.41) is 12.7. The second kappa shape index (κ2) is 5.94. The first-order valence-corrected chi connectivity index (χ1v) is 5.98. The number of nitriles is 1. The van der Waals surface area contributed by atoms with Gasteiger partial charge in [0.15, 0.2) is 0 Å². The minimum absolute atomic E-state index is 0.634. The molecule has 2 aromatic rings. The average molecular weight is 301 g/mol. The molecule has 0 saturated heterocycles. The van der Waals surface area contributed by atoms with E-state index in [-0.39, 0.29) is 0 Å². The van der Waals surface area contributed by atoms with Gasteiger partial charge < -0.3 is 0 Å². The predicted molar refractivity (Wildman–Crippen MR) is 74.3 cm³/mol. The molecule has 0 saturated carbocycles. The Kier molecular flexibility index (Phi) is 4.05. The summed E-state index contributed by atoms with van der Waals surface area (Å²) in [5.41, 5.74) is 4.37. The third-order valence-corrected chi connectivity index (χ3v) is 2.63. The molecule has 88 valence electrons. The van der Waals surface area contributed by atoms with Crippen molar-refractivity contribution in [2.75, 3.05) is 5.43 Å². The average Bonchev–Trinajstić information content (AvgIpc) is 2.42. The molecule has 1 aromatic carbocycles. The molecule has 5 heteroatoms. The lowest BCUT2D eigenvalue weighted by molar-refractivity contribution is 1.22. The number of nitrogens with one attached hydrogen (secondary N) is 1. The fourth-order valence-corrected chi connectivity index (χ4v) is 1.49. The molecule has 0 bridgehead atoms. The normalized spacial score (nSPS) is 10.2. The number of benzene rings is 1. The van der Waals surface area contributed by atoms with Crippen LogP contribution in [0.25, 0.3) is 0 Å². The Morgan fingerprint density at radius 2 is 2.00 bits per heavy atom. The van der Waals surface area contributed by atoms with E-state index in [0.29, 0.717) is 11.4 Å².